The molecule has 2 aromatic heterocycles. The zero-order chi connectivity index (χ0) is 30.2. The Balaban J connectivity index is 1.44. The van der Waals surface area contributed by atoms with Crippen LogP contribution in [0.2, 0.25) is 0 Å². The molecule has 6 rings (SSSR count). The average molecular weight is 600 g/mol. The van der Waals surface area contributed by atoms with Crippen LogP contribution in [0.25, 0.3) is 33.1 Å². The Morgan fingerprint density at radius 2 is 1.86 bits per heavy atom. The van der Waals surface area contributed by atoms with Crippen molar-refractivity contribution in [3.8, 4) is 11.3 Å². The topological polar surface area (TPSA) is 112 Å². The zero-order valence-electron chi connectivity index (χ0n) is 23.9. The minimum absolute atomic E-state index is 0.0394. The van der Waals surface area contributed by atoms with Crippen molar-refractivity contribution in [1.29, 1.82) is 0 Å². The van der Waals surface area contributed by atoms with Crippen LogP contribution in [0.1, 0.15) is 45.2 Å². The Hall–Kier alpha value is -4.64. The monoisotopic (exact) mass is 599 g/mol. The molecule has 220 valence electrons. The van der Waals surface area contributed by atoms with Crippen molar-refractivity contribution in [3.63, 3.8) is 0 Å². The number of aromatic nitrogens is 2. The van der Waals surface area contributed by atoms with E-state index in [-0.39, 0.29) is 34.8 Å². The largest absolute Gasteiger partial charge is 0.455 e. The third-order valence-electron chi connectivity index (χ3n) is 8.06. The van der Waals surface area contributed by atoms with Gasteiger partial charge in [0.25, 0.3) is 17.4 Å². The Morgan fingerprint density at radius 3 is 2.58 bits per heavy atom. The fraction of sp³-hybridized carbons (Fsp3) is 0.250. The Kier molecular flexibility index (Phi) is 7.66. The van der Waals surface area contributed by atoms with Gasteiger partial charge >= 0.3 is 0 Å². The molecule has 1 atom stereocenters. The van der Waals surface area contributed by atoms with Gasteiger partial charge in [0.05, 0.1) is 16.6 Å². The molecule has 0 spiro atoms. The molecule has 0 bridgehead atoms. The first-order chi connectivity index (χ1) is 20.8. The van der Waals surface area contributed by atoms with Crippen LogP contribution in [0.5, 0.6) is 0 Å². The van der Waals surface area contributed by atoms with Gasteiger partial charge in [-0.3, -0.25) is 14.4 Å². The molecule has 1 aliphatic rings. The SMILES string of the molecule is CNC(=O)c1c(-c2ccc(F)cc2)oc2cc(N(C)SC)c([C@H]3CCCN(C(=O)c4n[nH]c(=O)c5ccccc45)C3)cc12. The number of piperidine rings is 1. The highest BCUT2D eigenvalue weighted by Crippen LogP contribution is 2.42. The Morgan fingerprint density at radius 1 is 1.12 bits per heavy atom. The highest BCUT2D eigenvalue weighted by Gasteiger charge is 2.31. The number of carbonyl (C=O) groups excluding carboxylic acids is 2. The molecule has 1 fully saturated rings. The maximum Gasteiger partial charge on any atom is 0.274 e. The molecular weight excluding hydrogens is 569 g/mol. The lowest BCUT2D eigenvalue weighted by Gasteiger charge is -2.34. The summed E-state index contributed by atoms with van der Waals surface area (Å²) < 4.78 is 22.0. The van der Waals surface area contributed by atoms with E-state index in [1.54, 1.807) is 48.3 Å². The number of hydrogen-bond donors (Lipinski definition) is 2. The number of fused-ring (bicyclic) bond motifs is 2. The van der Waals surface area contributed by atoms with Gasteiger partial charge in [-0.15, -0.1) is 0 Å². The molecule has 0 radical (unpaired) electrons. The van der Waals surface area contributed by atoms with E-state index >= 15 is 0 Å². The molecule has 11 heteroatoms. The van der Waals surface area contributed by atoms with E-state index < -0.39 is 0 Å². The molecule has 0 saturated carbocycles. The van der Waals surface area contributed by atoms with Gasteiger partial charge in [0.15, 0.2) is 5.69 Å². The van der Waals surface area contributed by atoms with Crippen LogP contribution in [0.4, 0.5) is 10.1 Å². The molecular formula is C32H30FN5O4S. The van der Waals surface area contributed by atoms with Gasteiger partial charge in [0.2, 0.25) is 0 Å². The summed E-state index contributed by atoms with van der Waals surface area (Å²) in [6.45, 7) is 0.997. The molecule has 0 unspecified atom stereocenters. The summed E-state index contributed by atoms with van der Waals surface area (Å²) in [5.41, 5.74) is 3.27. The number of anilines is 1. The number of benzene rings is 3. The molecule has 3 aromatic carbocycles. The highest BCUT2D eigenvalue weighted by atomic mass is 32.2. The summed E-state index contributed by atoms with van der Waals surface area (Å²) in [5.74, 6) is -0.616. The number of carbonyl (C=O) groups is 2. The number of hydrogen-bond acceptors (Lipinski definition) is 7. The van der Waals surface area contributed by atoms with Gasteiger partial charge in [-0.05, 0) is 54.8 Å². The van der Waals surface area contributed by atoms with Gasteiger partial charge in [0.1, 0.15) is 17.2 Å². The number of furan rings is 1. The van der Waals surface area contributed by atoms with E-state index in [1.165, 1.54) is 24.1 Å². The van der Waals surface area contributed by atoms with Crippen molar-refractivity contribution >= 4 is 51.2 Å². The van der Waals surface area contributed by atoms with E-state index in [0.29, 0.717) is 51.7 Å². The number of aromatic amines is 1. The number of rotatable bonds is 6. The third-order valence-corrected chi connectivity index (χ3v) is 8.80. The van der Waals surface area contributed by atoms with Gasteiger partial charge in [0, 0.05) is 61.8 Å². The average Bonchev–Trinajstić information content (AvgIpc) is 3.42. The number of nitrogens with one attached hydrogen (secondary N) is 2. The van der Waals surface area contributed by atoms with Crippen molar-refractivity contribution in [2.24, 2.45) is 0 Å². The van der Waals surface area contributed by atoms with E-state index in [0.717, 1.165) is 24.1 Å². The lowest BCUT2D eigenvalue weighted by molar-refractivity contribution is 0.0702. The van der Waals surface area contributed by atoms with Gasteiger partial charge in [-0.25, -0.2) is 9.49 Å². The van der Waals surface area contributed by atoms with Crippen molar-refractivity contribution in [2.45, 2.75) is 18.8 Å². The molecule has 43 heavy (non-hydrogen) atoms. The van der Waals surface area contributed by atoms with Crippen molar-refractivity contribution < 1.29 is 18.4 Å². The number of nitrogens with zero attached hydrogens (tertiary/aromatic N) is 3. The van der Waals surface area contributed by atoms with Crippen molar-refractivity contribution in [3.05, 3.63) is 93.7 Å². The third kappa shape index (κ3) is 5.14. The van der Waals surface area contributed by atoms with Gasteiger partial charge < -0.3 is 18.9 Å². The number of H-pyrrole nitrogens is 1. The molecule has 2 N–H and O–H groups in total. The predicted octanol–water partition coefficient (Wildman–Crippen LogP) is 5.57. The minimum atomic E-state index is -0.381. The summed E-state index contributed by atoms with van der Waals surface area (Å²) in [4.78, 5) is 41.1. The zero-order valence-corrected chi connectivity index (χ0v) is 24.8. The van der Waals surface area contributed by atoms with Crippen LogP contribution in [0.3, 0.4) is 0 Å². The minimum Gasteiger partial charge on any atom is -0.455 e. The first-order valence-corrected chi connectivity index (χ1v) is 15.1. The number of likely N-dealkylation sites (tertiary alicyclic amines) is 1. The molecule has 5 aromatic rings. The van der Waals surface area contributed by atoms with E-state index in [1.807, 2.05) is 29.7 Å². The second kappa shape index (κ2) is 11.6. The summed E-state index contributed by atoms with van der Waals surface area (Å²) in [7, 11) is 3.52. The maximum atomic E-state index is 13.8. The normalized spacial score (nSPS) is 15.2. The van der Waals surface area contributed by atoms with Crippen LogP contribution in [-0.2, 0) is 0 Å². The molecule has 2 amide bonds. The number of halogens is 1. The first kappa shape index (κ1) is 28.5. The summed E-state index contributed by atoms with van der Waals surface area (Å²) in [6, 6.07) is 16.7. The van der Waals surface area contributed by atoms with Crippen LogP contribution in [0.15, 0.2) is 69.9 Å². The fourth-order valence-corrected chi connectivity index (χ4v) is 6.20. The fourth-order valence-electron chi connectivity index (χ4n) is 5.84. The first-order valence-electron chi connectivity index (χ1n) is 13.9. The van der Waals surface area contributed by atoms with Crippen molar-refractivity contribution in [1.82, 2.24) is 20.4 Å². The molecule has 1 saturated heterocycles. The van der Waals surface area contributed by atoms with Crippen LogP contribution >= 0.6 is 11.9 Å². The second-order valence-corrected chi connectivity index (χ2v) is 11.4. The van der Waals surface area contributed by atoms with E-state index in [9.17, 15) is 18.8 Å². The lowest BCUT2D eigenvalue weighted by Crippen LogP contribution is -2.40. The summed E-state index contributed by atoms with van der Waals surface area (Å²) in [5, 5.41) is 10.9. The van der Waals surface area contributed by atoms with Crippen LogP contribution in [0, 0.1) is 5.82 Å². The highest BCUT2D eigenvalue weighted by molar-refractivity contribution is 7.99. The Labute approximate surface area is 251 Å². The molecule has 1 aliphatic heterocycles. The van der Waals surface area contributed by atoms with Crippen molar-refractivity contribution in [2.75, 3.05) is 37.7 Å². The van der Waals surface area contributed by atoms with Gasteiger partial charge in [-0.2, -0.15) is 5.10 Å². The quantitative estimate of drug-likeness (QED) is 0.246. The summed E-state index contributed by atoms with van der Waals surface area (Å²) >= 11 is 1.54. The molecule has 3 heterocycles. The van der Waals surface area contributed by atoms with Gasteiger partial charge in [-0.1, -0.05) is 30.1 Å². The smallest absolute Gasteiger partial charge is 0.274 e. The lowest BCUT2D eigenvalue weighted by atomic mass is 9.87. The Bertz CT molecular complexity index is 1920. The van der Waals surface area contributed by atoms with Crippen LogP contribution < -0.4 is 15.2 Å². The summed E-state index contributed by atoms with van der Waals surface area (Å²) in [6.07, 6.45) is 3.58. The van der Waals surface area contributed by atoms with Crippen LogP contribution in [-0.4, -0.2) is 60.4 Å². The predicted molar refractivity (Wildman–Crippen MR) is 167 cm³/mol. The van der Waals surface area contributed by atoms with E-state index in [2.05, 4.69) is 15.5 Å². The number of amides is 2. The molecule has 9 nitrogen and oxygen atoms in total. The second-order valence-electron chi connectivity index (χ2n) is 10.5. The maximum absolute atomic E-state index is 13.8. The van der Waals surface area contributed by atoms with E-state index in [4.69, 9.17) is 4.42 Å². The standard InChI is InChI=1S/C32H30FN5O4S/c1-34-31(40)27-24-15-23(25(37(2)43-3)16-26(24)42-29(27)18-10-12-20(33)13-11-18)19-7-6-14-38(17-19)32(41)28-21-8-4-5-9-22(21)30(39)36-35-28/h4-5,8-13,15-16,19H,6-7,14,17H2,1-3H3,(H,34,40)(H,36,39)/t19-/m0/s1. The molecule has 0 aliphatic carbocycles.